The van der Waals surface area contributed by atoms with Gasteiger partial charge in [0.05, 0.1) is 0 Å². The van der Waals surface area contributed by atoms with Crippen LogP contribution in [0.4, 0.5) is 5.82 Å². The predicted octanol–water partition coefficient (Wildman–Crippen LogP) is 0.933. The van der Waals surface area contributed by atoms with E-state index in [0.29, 0.717) is 0 Å². The zero-order chi connectivity index (χ0) is 7.84. The molecule has 0 amide bonds. The van der Waals surface area contributed by atoms with Crippen molar-refractivity contribution in [3.05, 3.63) is 17.8 Å². The molecule has 2 rings (SSSR count). The van der Waals surface area contributed by atoms with Gasteiger partial charge in [-0.25, -0.2) is 0 Å². The van der Waals surface area contributed by atoms with Crippen LogP contribution in [-0.2, 0) is 6.54 Å². The van der Waals surface area contributed by atoms with E-state index < -0.39 is 0 Å². The normalized spacial score (nSPS) is 17.6. The number of hydrogen-bond acceptors (Lipinski definition) is 2. The summed E-state index contributed by atoms with van der Waals surface area (Å²) in [5.41, 5.74) is 7.00. The first-order valence-electron chi connectivity index (χ1n) is 3.97. The molecule has 1 aromatic rings. The van der Waals surface area contributed by atoms with Gasteiger partial charge in [-0.15, -0.1) is 0 Å². The smallest absolute Gasteiger partial charge is 0.110 e. The van der Waals surface area contributed by atoms with Gasteiger partial charge >= 0.3 is 0 Å². The van der Waals surface area contributed by atoms with Gasteiger partial charge in [0.2, 0.25) is 0 Å². The predicted molar refractivity (Wildman–Crippen MR) is 45.5 cm³/mol. The fourth-order valence-electron chi connectivity index (χ4n) is 1.54. The van der Waals surface area contributed by atoms with E-state index in [-0.39, 0.29) is 6.04 Å². The molecule has 1 aliphatic rings. The van der Waals surface area contributed by atoms with Crippen molar-refractivity contribution >= 4 is 5.82 Å². The van der Waals surface area contributed by atoms with Gasteiger partial charge < -0.3 is 15.6 Å². The minimum atomic E-state index is 0.136. The molecule has 60 valence electrons. The summed E-state index contributed by atoms with van der Waals surface area (Å²) >= 11 is 0. The highest BCUT2D eigenvalue weighted by molar-refractivity contribution is 5.50. The molecule has 2 heterocycles. The SMILES string of the molecule is CC(N)c1ccn2c1NCC2. The summed E-state index contributed by atoms with van der Waals surface area (Å²) in [7, 11) is 0. The van der Waals surface area contributed by atoms with Crippen LogP contribution in [0.5, 0.6) is 0 Å². The van der Waals surface area contributed by atoms with Crippen molar-refractivity contribution in [2.45, 2.75) is 19.5 Å². The van der Waals surface area contributed by atoms with Gasteiger partial charge in [0.25, 0.3) is 0 Å². The van der Waals surface area contributed by atoms with Crippen molar-refractivity contribution in [1.29, 1.82) is 0 Å². The van der Waals surface area contributed by atoms with E-state index in [9.17, 15) is 0 Å². The lowest BCUT2D eigenvalue weighted by molar-refractivity contribution is 0.801. The third-order valence-corrected chi connectivity index (χ3v) is 2.13. The number of hydrogen-bond donors (Lipinski definition) is 2. The Morgan fingerprint density at radius 2 is 2.55 bits per heavy atom. The van der Waals surface area contributed by atoms with Crippen molar-refractivity contribution in [3.63, 3.8) is 0 Å². The van der Waals surface area contributed by atoms with E-state index in [1.165, 1.54) is 11.4 Å². The van der Waals surface area contributed by atoms with Gasteiger partial charge in [-0.1, -0.05) is 0 Å². The van der Waals surface area contributed by atoms with Crippen LogP contribution < -0.4 is 11.1 Å². The number of rotatable bonds is 1. The molecule has 0 spiro atoms. The quantitative estimate of drug-likeness (QED) is 0.627. The van der Waals surface area contributed by atoms with Crippen molar-refractivity contribution < 1.29 is 0 Å². The Kier molecular flexibility index (Phi) is 1.39. The standard InChI is InChI=1S/C8H13N3/c1-6(9)7-2-4-11-5-3-10-8(7)11/h2,4,6,10H,3,5,9H2,1H3. The topological polar surface area (TPSA) is 43.0 Å². The lowest BCUT2D eigenvalue weighted by Gasteiger charge is -2.05. The molecule has 3 N–H and O–H groups in total. The Balaban J connectivity index is 2.42. The molecular formula is C8H13N3. The maximum absolute atomic E-state index is 5.78. The van der Waals surface area contributed by atoms with E-state index in [1.807, 2.05) is 6.92 Å². The summed E-state index contributed by atoms with van der Waals surface area (Å²) in [6.45, 7) is 4.12. The Labute approximate surface area is 66.2 Å². The fourth-order valence-corrected chi connectivity index (χ4v) is 1.54. The van der Waals surface area contributed by atoms with Crippen LogP contribution >= 0.6 is 0 Å². The summed E-state index contributed by atoms with van der Waals surface area (Å²) in [6.07, 6.45) is 2.09. The van der Waals surface area contributed by atoms with Crippen LogP contribution in [0.25, 0.3) is 0 Å². The van der Waals surface area contributed by atoms with Crippen LogP contribution in [0.1, 0.15) is 18.5 Å². The number of fused-ring (bicyclic) bond motifs is 1. The second kappa shape index (κ2) is 2.27. The summed E-state index contributed by atoms with van der Waals surface area (Å²) in [4.78, 5) is 0. The molecule has 0 saturated carbocycles. The number of nitrogens with two attached hydrogens (primary N) is 1. The maximum atomic E-state index is 5.78. The van der Waals surface area contributed by atoms with Crippen molar-refractivity contribution in [2.75, 3.05) is 11.9 Å². The molecule has 0 aromatic carbocycles. The monoisotopic (exact) mass is 151 g/mol. The van der Waals surface area contributed by atoms with Gasteiger partial charge in [0, 0.05) is 30.9 Å². The Bertz CT molecular complexity index is 262. The Morgan fingerprint density at radius 3 is 3.27 bits per heavy atom. The molecule has 0 radical (unpaired) electrons. The average Bonchev–Trinajstić information content (AvgIpc) is 2.41. The largest absolute Gasteiger partial charge is 0.369 e. The van der Waals surface area contributed by atoms with E-state index in [2.05, 4.69) is 22.1 Å². The molecule has 1 aliphatic heterocycles. The molecule has 0 aliphatic carbocycles. The van der Waals surface area contributed by atoms with Crippen LogP contribution in [0, 0.1) is 0 Å². The summed E-state index contributed by atoms with van der Waals surface area (Å²) < 4.78 is 2.21. The van der Waals surface area contributed by atoms with E-state index in [0.717, 1.165) is 13.1 Å². The lowest BCUT2D eigenvalue weighted by Crippen LogP contribution is -2.06. The van der Waals surface area contributed by atoms with Gasteiger partial charge in [0.15, 0.2) is 0 Å². The molecule has 0 saturated heterocycles. The highest BCUT2D eigenvalue weighted by atomic mass is 15.2. The molecule has 0 fully saturated rings. The first-order chi connectivity index (χ1) is 5.29. The summed E-state index contributed by atoms with van der Waals surface area (Å²) in [6, 6.07) is 2.23. The van der Waals surface area contributed by atoms with Crippen LogP contribution in [0.3, 0.4) is 0 Å². The van der Waals surface area contributed by atoms with Crippen molar-refractivity contribution in [3.8, 4) is 0 Å². The van der Waals surface area contributed by atoms with Gasteiger partial charge in [-0.05, 0) is 13.0 Å². The van der Waals surface area contributed by atoms with E-state index in [4.69, 9.17) is 5.73 Å². The highest BCUT2D eigenvalue weighted by Gasteiger charge is 2.15. The third kappa shape index (κ3) is 0.922. The second-order valence-electron chi connectivity index (χ2n) is 3.03. The molecule has 1 atom stereocenters. The first-order valence-corrected chi connectivity index (χ1v) is 3.97. The Hall–Kier alpha value is -0.960. The molecule has 3 heteroatoms. The lowest BCUT2D eigenvalue weighted by atomic mass is 10.2. The van der Waals surface area contributed by atoms with Gasteiger partial charge in [-0.2, -0.15) is 0 Å². The zero-order valence-electron chi connectivity index (χ0n) is 6.67. The second-order valence-corrected chi connectivity index (χ2v) is 3.03. The molecule has 0 bridgehead atoms. The Morgan fingerprint density at radius 1 is 1.73 bits per heavy atom. The minimum Gasteiger partial charge on any atom is -0.369 e. The number of anilines is 1. The summed E-state index contributed by atoms with van der Waals surface area (Å²) in [5, 5.41) is 3.31. The van der Waals surface area contributed by atoms with Gasteiger partial charge in [-0.3, -0.25) is 0 Å². The summed E-state index contributed by atoms with van der Waals surface area (Å²) in [5.74, 6) is 1.21. The van der Waals surface area contributed by atoms with E-state index >= 15 is 0 Å². The molecule has 11 heavy (non-hydrogen) atoms. The molecule has 1 aromatic heterocycles. The molecular weight excluding hydrogens is 138 g/mol. The molecule has 1 unspecified atom stereocenters. The van der Waals surface area contributed by atoms with Crippen LogP contribution in [0.2, 0.25) is 0 Å². The van der Waals surface area contributed by atoms with E-state index in [1.54, 1.807) is 0 Å². The third-order valence-electron chi connectivity index (χ3n) is 2.13. The van der Waals surface area contributed by atoms with Crippen LogP contribution in [0.15, 0.2) is 12.3 Å². The highest BCUT2D eigenvalue weighted by Crippen LogP contribution is 2.25. The van der Waals surface area contributed by atoms with Crippen molar-refractivity contribution in [2.24, 2.45) is 5.73 Å². The average molecular weight is 151 g/mol. The maximum Gasteiger partial charge on any atom is 0.110 e. The van der Waals surface area contributed by atoms with Crippen LogP contribution in [-0.4, -0.2) is 11.1 Å². The van der Waals surface area contributed by atoms with Crippen molar-refractivity contribution in [1.82, 2.24) is 4.57 Å². The first kappa shape index (κ1) is 6.73. The minimum absolute atomic E-state index is 0.136. The number of nitrogens with one attached hydrogen (secondary N) is 1. The number of nitrogens with zero attached hydrogens (tertiary/aromatic N) is 1. The zero-order valence-corrected chi connectivity index (χ0v) is 6.67. The molecule has 3 nitrogen and oxygen atoms in total. The number of aromatic nitrogens is 1. The fraction of sp³-hybridized carbons (Fsp3) is 0.500. The van der Waals surface area contributed by atoms with Gasteiger partial charge in [0.1, 0.15) is 5.82 Å².